The first kappa shape index (κ1) is 119. The molecule has 11 aliphatic rings. The number of carboxylic acids is 2. The number of aliphatic hydroxyl groups is 10. The number of fused-ring (bicyclic) bond motifs is 4. The molecule has 8 aliphatic carbocycles. The molecule has 1 aromatic carbocycles. The average molecular weight is 2020 g/mol. The van der Waals surface area contributed by atoms with Crippen LogP contribution in [-0.4, -0.2) is 219 Å². The quantitative estimate of drug-likeness (QED) is 0.0223. The number of rotatable bonds is 36. The number of aliphatic hydroxyl groups excluding tert-OH is 10. The van der Waals surface area contributed by atoms with Crippen LogP contribution in [0.2, 0.25) is 0 Å². The van der Waals surface area contributed by atoms with Crippen molar-refractivity contribution in [2.45, 2.75) is 387 Å². The maximum absolute atomic E-state index is 13.7. The van der Waals surface area contributed by atoms with Gasteiger partial charge in [-0.1, -0.05) is 208 Å². The molecule has 1 aromatic heterocycles. The van der Waals surface area contributed by atoms with E-state index in [0.717, 1.165) is 103 Å². The highest BCUT2D eigenvalue weighted by Gasteiger charge is 2.48. The van der Waals surface area contributed by atoms with Crippen LogP contribution in [0.15, 0.2) is 126 Å². The number of pyridine rings is 1. The molecule has 802 valence electrons. The molecule has 2 aromatic rings. The lowest BCUT2D eigenvalue weighted by atomic mass is 9.65. The summed E-state index contributed by atoms with van der Waals surface area (Å²) >= 11 is 0. The van der Waals surface area contributed by atoms with Crippen molar-refractivity contribution in [2.75, 3.05) is 7.11 Å². The number of carbonyl (C=O) groups is 8. The Morgan fingerprint density at radius 1 is 0.458 bits per heavy atom. The molecule has 12 N–H and O–H groups in total. The summed E-state index contributed by atoms with van der Waals surface area (Å²) in [5.74, 6) is -0.944. The van der Waals surface area contributed by atoms with Crippen molar-refractivity contribution >= 4 is 53.8 Å². The number of hydrogen-bond donors (Lipinski definition) is 12. The molecule has 29 heteroatoms. The van der Waals surface area contributed by atoms with Crippen molar-refractivity contribution in [3.8, 4) is 11.1 Å². The van der Waals surface area contributed by atoms with Gasteiger partial charge in [0.05, 0.1) is 123 Å². The number of benzene rings is 1. The van der Waals surface area contributed by atoms with Crippen LogP contribution in [0.4, 0.5) is 4.39 Å². The molecule has 3 aliphatic heterocycles. The summed E-state index contributed by atoms with van der Waals surface area (Å²) in [6.07, 6.45) is 31.0. The molecule has 33 atom stereocenters. The number of carboxylic acid groups (broad SMARTS) is 2. The Morgan fingerprint density at radius 2 is 0.819 bits per heavy atom. The smallest absolute Gasteiger partial charge is 0.308 e. The largest absolute Gasteiger partial charge is 0.481 e. The number of hydrogen-bond acceptors (Lipinski definition) is 26. The number of ether oxygens (including phenoxy) is 7. The van der Waals surface area contributed by atoms with Crippen molar-refractivity contribution in [2.24, 2.45) is 101 Å². The van der Waals surface area contributed by atoms with Gasteiger partial charge < -0.3 is 94.4 Å². The molecule has 28 nitrogen and oxygen atoms in total. The lowest BCUT2D eigenvalue weighted by Gasteiger charge is -2.43. The maximum atomic E-state index is 13.7. The van der Waals surface area contributed by atoms with Gasteiger partial charge >= 0.3 is 47.8 Å². The maximum Gasteiger partial charge on any atom is 0.308 e. The van der Waals surface area contributed by atoms with Crippen LogP contribution in [-0.2, 0) is 78.1 Å². The predicted octanol–water partition coefficient (Wildman–Crippen LogP) is 17.0. The summed E-state index contributed by atoms with van der Waals surface area (Å²) in [5.41, 5.74) is 9.57. The monoisotopic (exact) mass is 2010 g/mol. The lowest BCUT2D eigenvalue weighted by Crippen LogP contribution is -2.43. The minimum absolute atomic E-state index is 0.0156. The molecule has 0 saturated carbocycles. The van der Waals surface area contributed by atoms with Gasteiger partial charge in [0.25, 0.3) is 0 Å². The third kappa shape index (κ3) is 34.7. The molecule has 0 bridgehead atoms. The van der Waals surface area contributed by atoms with E-state index in [9.17, 15) is 93.8 Å². The van der Waals surface area contributed by atoms with Gasteiger partial charge in [-0.05, 0) is 206 Å². The summed E-state index contributed by atoms with van der Waals surface area (Å²) in [4.78, 5) is 98.7. The van der Waals surface area contributed by atoms with Crippen LogP contribution in [0.3, 0.4) is 0 Å². The van der Waals surface area contributed by atoms with E-state index in [1.165, 1.54) is 29.4 Å². The van der Waals surface area contributed by atoms with Gasteiger partial charge in [0.2, 0.25) is 0 Å². The van der Waals surface area contributed by atoms with Crippen molar-refractivity contribution in [1.82, 2.24) is 4.98 Å². The van der Waals surface area contributed by atoms with Gasteiger partial charge in [0.15, 0.2) is 0 Å². The number of carbonyl (C=O) groups excluding carboxylic acids is 6. The third-order valence-corrected chi connectivity index (χ3v) is 31.1. The third-order valence-electron chi connectivity index (χ3n) is 31.1. The number of methoxy groups -OCH3 is 1. The van der Waals surface area contributed by atoms with Crippen LogP contribution in [0.1, 0.15) is 306 Å². The minimum atomic E-state index is -1.16. The van der Waals surface area contributed by atoms with E-state index in [4.69, 9.17) is 48.4 Å². The highest BCUT2D eigenvalue weighted by atomic mass is 19.1. The molecule has 0 spiro atoms. The fourth-order valence-corrected chi connectivity index (χ4v) is 22.8. The van der Waals surface area contributed by atoms with Crippen LogP contribution >= 0.6 is 0 Å². The molecule has 4 heterocycles. The lowest BCUT2D eigenvalue weighted by molar-refractivity contribution is -0.162. The van der Waals surface area contributed by atoms with Gasteiger partial charge in [-0.25, -0.2) is 4.39 Å². The molecule has 13 rings (SSSR count). The highest BCUT2D eigenvalue weighted by molar-refractivity contribution is 5.81. The summed E-state index contributed by atoms with van der Waals surface area (Å²) in [7, 11) is 1.61. The summed E-state index contributed by atoms with van der Waals surface area (Å²) in [6, 6.07) is 6.23. The summed E-state index contributed by atoms with van der Waals surface area (Å²) in [6.45, 7) is 33.0. The van der Waals surface area contributed by atoms with Gasteiger partial charge in [-0.3, -0.25) is 43.3 Å². The molecule has 0 unspecified atom stereocenters. The Hall–Kier alpha value is -8.72. The molecular weight excluding hydrogens is 1850 g/mol. The number of nitrogens with zero attached hydrogens (tertiary/aromatic N) is 1. The first-order valence-corrected chi connectivity index (χ1v) is 53.2. The van der Waals surface area contributed by atoms with E-state index >= 15 is 0 Å². The Kier molecular flexibility index (Phi) is 46.7. The fourth-order valence-electron chi connectivity index (χ4n) is 22.8. The fraction of sp³-hybridized carbons (Fsp3) is 0.678. The molecule has 144 heavy (non-hydrogen) atoms. The van der Waals surface area contributed by atoms with Crippen LogP contribution in [0.5, 0.6) is 0 Å². The van der Waals surface area contributed by atoms with E-state index in [2.05, 4.69) is 104 Å². The van der Waals surface area contributed by atoms with Crippen molar-refractivity contribution in [3.63, 3.8) is 0 Å². The van der Waals surface area contributed by atoms with Crippen molar-refractivity contribution in [1.29, 1.82) is 0 Å². The van der Waals surface area contributed by atoms with Gasteiger partial charge in [-0.15, -0.1) is 0 Å². The zero-order chi connectivity index (χ0) is 106. The van der Waals surface area contributed by atoms with E-state index < -0.39 is 79.4 Å². The highest BCUT2D eigenvalue weighted by Crippen LogP contribution is 2.51. The second-order valence-electron chi connectivity index (χ2n) is 43.6. The Labute approximate surface area is 851 Å². The molecular formula is C115H168FNO27. The normalized spacial score (nSPS) is 31.9. The SMILES string of the molecule is CC[C@H](C)C(=O)O[C@H]1C[C@@H](C)C=C2C=C[C@H](C)[C@H](CC[C@@H]3C[C@@H](O)CC(=O)O3)[C@H]21.CC[C@H](C)C(=O)O[C@H]1C[C@H](O)C=C2C=C[C@H](C)[C@H](CC[C@@H](O)C[C@@H](O)CC(=O)O)[C@H]21.CC[C@H](C)C(=O)O[C@H]1C[C@H](O)C=C2C=C[C@H](C)[C@H](CC[C@@H]3C[C@@H](O)CC(=O)O3)[C@H]21.COCc1c(C(C)C)nc(C(C)C)c(/C=C/[C@@H](O)C[C@@H](O)CC(=O)O)c1-c1ccc(F)cc1.C[C@H]1C=C2C=C[C@H](C)[C@H](CC[C@@H]3C[C@@H](O)CC(=O)O3)[C@H]2[C@@H](O)C1. The molecule has 0 amide bonds. The number of aliphatic carboxylic acids is 2. The van der Waals surface area contributed by atoms with Crippen LogP contribution in [0.25, 0.3) is 17.2 Å². The molecule has 0 radical (unpaired) electrons. The topological polar surface area (TPSA) is 457 Å². The van der Waals surface area contributed by atoms with Crippen molar-refractivity contribution in [3.05, 3.63) is 154 Å². The van der Waals surface area contributed by atoms with E-state index in [1.807, 2.05) is 79.7 Å². The number of halogens is 1. The predicted molar refractivity (Wildman–Crippen MR) is 544 cm³/mol. The Bertz CT molecular complexity index is 4720. The second-order valence-corrected chi connectivity index (χ2v) is 43.6. The van der Waals surface area contributed by atoms with E-state index in [-0.39, 0.29) is 194 Å². The molecule has 3 fully saturated rings. The number of aromatic nitrogens is 1. The number of cyclic esters (lactones) is 3. The summed E-state index contributed by atoms with van der Waals surface area (Å²) < 4.78 is 53.2. The van der Waals surface area contributed by atoms with E-state index in [1.54, 1.807) is 25.3 Å². The standard InChI is InChI=1S/C26H34FNO5.C24H36O5.C23H36O7.C23H34O6.C19H28O4/c1-15(2)25-21(11-10-19(29)12-20(30)13-23(31)32)24(17-6-8-18(27)9-7-17)22(14-33-5)26(28-25)16(3)4;1-5-15(3)24(27)29-21-11-14(2)10-17-7-6-16(4)20(23(17)21)9-8-19-12-18(25)13-22(26)28-19;1-4-13(2)23(29)30-20-11-17(25)9-15-6-5-14(3)19(22(15)20)8-7-16(24)10-18(26)12-21(27)28;1-4-13(2)23(27)29-20-11-16(24)9-15-6-5-14(3)19(22(15)20)8-7-18-10-17(25)12-21(26)28-18;1-11-7-13-4-3-12(2)16(19(13)17(21)8-11)6-5-15-9-14(20)10-18(22)23-15/h6-11,15-16,19-20,29-30H,12-14H2,1-5H3,(H,31,32);6-7,10,14-16,18-21,23,25H,5,8-9,11-13H2,1-4H3;5-6,9,13-14,16-20,22,24-26H,4,7-8,10-12H2,1-3H3,(H,27,28);5-6,9,13-14,16-20,22,24-25H,4,7-8,10-12H2,1-3H3;3-4,7,11-12,14-17,19-21H,5-6,8-10H2,1-2H3/b11-10+;;;;/t19-,20-;14-,15-,16-,18+,19+,20-,21-,23-;2*13-,14-,16+,17+,18+,19-,20-,22-;11-,12-,14+,15+,16-,17-,19-/m10000/s1. The number of allylic oxidation sites excluding steroid dienone is 10. The first-order valence-electron chi connectivity index (χ1n) is 53.2. The Morgan fingerprint density at radius 3 is 1.19 bits per heavy atom. The van der Waals surface area contributed by atoms with Gasteiger partial charge in [0.1, 0.15) is 42.4 Å². The van der Waals surface area contributed by atoms with Crippen molar-refractivity contribution < 1.29 is 137 Å². The van der Waals surface area contributed by atoms with Gasteiger partial charge in [0, 0.05) is 86.1 Å². The van der Waals surface area contributed by atoms with E-state index in [0.29, 0.717) is 99.9 Å². The average Bonchev–Trinajstić information content (AvgIpc) is 0.760. The van der Waals surface area contributed by atoms with Crippen LogP contribution < -0.4 is 0 Å². The number of esters is 6. The first-order chi connectivity index (χ1) is 68.2. The summed E-state index contributed by atoms with van der Waals surface area (Å²) in [5, 5.41) is 119. The molecule has 3 saturated heterocycles. The van der Waals surface area contributed by atoms with Gasteiger partial charge in [-0.2, -0.15) is 0 Å². The second kappa shape index (κ2) is 56.6. The zero-order valence-electron chi connectivity index (χ0n) is 87.8. The van der Waals surface area contributed by atoms with Crippen LogP contribution in [0, 0.1) is 106 Å². The zero-order valence-corrected chi connectivity index (χ0v) is 87.8. The Balaban J connectivity index is 0.000000201. The minimum Gasteiger partial charge on any atom is -0.481 e.